The number of methoxy groups -OCH3 is 1. The highest BCUT2D eigenvalue weighted by atomic mass is 32.2. The summed E-state index contributed by atoms with van der Waals surface area (Å²) >= 11 is 1.19. The first-order valence-corrected chi connectivity index (χ1v) is 14.7. The van der Waals surface area contributed by atoms with Gasteiger partial charge in [-0.3, -0.25) is 19.4 Å². The summed E-state index contributed by atoms with van der Waals surface area (Å²) < 4.78 is 16.1. The minimum Gasteiger partial charge on any atom is -0.496 e. The van der Waals surface area contributed by atoms with Crippen LogP contribution in [-0.2, 0) is 20.9 Å². The molecule has 0 aromatic heterocycles. The van der Waals surface area contributed by atoms with Gasteiger partial charge in [-0.1, -0.05) is 49.0 Å². The van der Waals surface area contributed by atoms with Crippen molar-refractivity contribution < 1.29 is 28.6 Å². The molecule has 2 atom stereocenters. The quantitative estimate of drug-likeness (QED) is 0.376. The lowest BCUT2D eigenvalue weighted by Gasteiger charge is -2.27. The molecule has 3 aliphatic heterocycles. The molecule has 11 nitrogen and oxygen atoms in total. The fourth-order valence-corrected chi connectivity index (χ4v) is 5.97. The number of thioether (sulfide) groups is 1. The predicted octanol–water partition coefficient (Wildman–Crippen LogP) is 4.24. The van der Waals surface area contributed by atoms with Crippen LogP contribution >= 0.6 is 11.8 Å². The van der Waals surface area contributed by atoms with E-state index in [2.05, 4.69) is 15.6 Å². The molecular formula is C31H29N5O6S. The van der Waals surface area contributed by atoms with Gasteiger partial charge in [0.25, 0.3) is 5.91 Å². The van der Waals surface area contributed by atoms with Gasteiger partial charge in [-0.05, 0) is 36.8 Å². The lowest BCUT2D eigenvalue weighted by molar-refractivity contribution is -0.128. The van der Waals surface area contributed by atoms with E-state index in [1.165, 1.54) is 16.7 Å². The third kappa shape index (κ3) is 5.78. The number of para-hydroxylation sites is 2. The third-order valence-corrected chi connectivity index (χ3v) is 8.46. The molecule has 0 bridgehead atoms. The van der Waals surface area contributed by atoms with Crippen molar-refractivity contribution >= 4 is 51.9 Å². The van der Waals surface area contributed by atoms with Crippen molar-refractivity contribution in [3.63, 3.8) is 0 Å². The Morgan fingerprint density at radius 1 is 1.09 bits per heavy atom. The Balaban J connectivity index is 1.18. The first kappa shape index (κ1) is 28.3. The van der Waals surface area contributed by atoms with Crippen molar-refractivity contribution in [2.75, 3.05) is 19.2 Å². The largest absolute Gasteiger partial charge is 0.496 e. The summed E-state index contributed by atoms with van der Waals surface area (Å²) in [6, 6.07) is 19.1. The maximum absolute atomic E-state index is 13.7. The van der Waals surface area contributed by atoms with E-state index in [1.54, 1.807) is 25.3 Å². The number of nitrogens with one attached hydrogen (secondary N) is 2. The second kappa shape index (κ2) is 12.2. The molecule has 3 aromatic rings. The van der Waals surface area contributed by atoms with Crippen LogP contribution in [0.1, 0.15) is 30.9 Å². The molecule has 12 heteroatoms. The maximum atomic E-state index is 13.7. The van der Waals surface area contributed by atoms with Crippen LogP contribution in [0.4, 0.5) is 11.4 Å². The maximum Gasteiger partial charge on any atom is 0.259 e. The zero-order valence-electron chi connectivity index (χ0n) is 23.5. The molecule has 220 valence electrons. The van der Waals surface area contributed by atoms with Crippen molar-refractivity contribution in [1.29, 1.82) is 0 Å². The molecular weight excluding hydrogens is 570 g/mol. The molecule has 0 saturated heterocycles. The standard InChI is InChI=1S/C31H29N5O6S/c1-3-26(29(38)33-19-12-13-24-25(14-19)42-17-41-24)43-31-35-21-10-6-5-9-20(21)28-34-22(30(39)36(28)31)15-27(37)32-16-18-8-4-7-11-23(18)40-2/h4-14,22,26H,3,15-17H2,1-2H3,(H,32,37)(H,33,38)/t22-,26-/m0/s1. The molecule has 0 aliphatic carbocycles. The number of hydrogen-bond donors (Lipinski definition) is 2. The average Bonchev–Trinajstić information content (AvgIpc) is 3.63. The van der Waals surface area contributed by atoms with E-state index in [9.17, 15) is 14.4 Å². The van der Waals surface area contributed by atoms with Crippen molar-refractivity contribution in [1.82, 2.24) is 10.2 Å². The first-order valence-electron chi connectivity index (χ1n) is 13.8. The van der Waals surface area contributed by atoms with Gasteiger partial charge in [-0.15, -0.1) is 0 Å². The van der Waals surface area contributed by atoms with E-state index in [4.69, 9.17) is 19.2 Å². The number of rotatable bonds is 9. The van der Waals surface area contributed by atoms with E-state index in [-0.39, 0.29) is 37.5 Å². The van der Waals surface area contributed by atoms with Crippen molar-refractivity contribution in [2.24, 2.45) is 9.98 Å². The molecule has 3 aromatic carbocycles. The van der Waals surface area contributed by atoms with Crippen LogP contribution < -0.4 is 24.8 Å². The van der Waals surface area contributed by atoms with Gasteiger partial charge in [0.15, 0.2) is 16.7 Å². The van der Waals surface area contributed by atoms with E-state index < -0.39 is 11.3 Å². The minimum absolute atomic E-state index is 0.129. The number of benzene rings is 3. The van der Waals surface area contributed by atoms with Crippen LogP contribution in [0.3, 0.4) is 0 Å². The van der Waals surface area contributed by atoms with Crippen LogP contribution in [0.5, 0.6) is 17.2 Å². The van der Waals surface area contributed by atoms with Crippen molar-refractivity contribution in [3.05, 3.63) is 77.9 Å². The smallest absolute Gasteiger partial charge is 0.259 e. The first-order chi connectivity index (χ1) is 20.9. The molecule has 3 heterocycles. The monoisotopic (exact) mass is 599 g/mol. The Kier molecular flexibility index (Phi) is 8.01. The second-order valence-corrected chi connectivity index (χ2v) is 11.1. The Morgan fingerprint density at radius 2 is 1.88 bits per heavy atom. The topological polar surface area (TPSA) is 131 Å². The van der Waals surface area contributed by atoms with Gasteiger partial charge in [-0.2, -0.15) is 0 Å². The number of amides is 3. The third-order valence-electron chi connectivity index (χ3n) is 7.15. The van der Waals surface area contributed by atoms with Crippen LogP contribution in [-0.4, -0.2) is 58.8 Å². The average molecular weight is 600 g/mol. The summed E-state index contributed by atoms with van der Waals surface area (Å²) in [5, 5.41) is 5.57. The minimum atomic E-state index is -0.924. The van der Waals surface area contributed by atoms with Crippen LogP contribution in [0.25, 0.3) is 0 Å². The van der Waals surface area contributed by atoms with Gasteiger partial charge in [0.1, 0.15) is 17.6 Å². The number of aliphatic imine (C=N–C) groups is 2. The zero-order chi connectivity index (χ0) is 29.9. The number of hydrogen-bond acceptors (Lipinski definition) is 9. The number of fused-ring (bicyclic) bond motifs is 4. The fourth-order valence-electron chi connectivity index (χ4n) is 4.95. The Hall–Kier alpha value is -4.84. The summed E-state index contributed by atoms with van der Waals surface area (Å²) in [7, 11) is 1.57. The molecule has 3 aliphatic rings. The van der Waals surface area contributed by atoms with E-state index in [0.717, 1.165) is 5.56 Å². The summed E-state index contributed by atoms with van der Waals surface area (Å²) in [6.45, 7) is 2.29. The molecule has 0 fully saturated rings. The lowest BCUT2D eigenvalue weighted by Crippen LogP contribution is -2.43. The highest BCUT2D eigenvalue weighted by Crippen LogP contribution is 2.37. The summed E-state index contributed by atoms with van der Waals surface area (Å²) in [5.74, 6) is 1.35. The zero-order valence-corrected chi connectivity index (χ0v) is 24.3. The normalized spacial score (nSPS) is 16.9. The molecule has 6 rings (SSSR count). The van der Waals surface area contributed by atoms with E-state index >= 15 is 0 Å². The number of amidine groups is 2. The van der Waals surface area contributed by atoms with Crippen molar-refractivity contribution in [2.45, 2.75) is 37.6 Å². The molecule has 0 radical (unpaired) electrons. The predicted molar refractivity (Wildman–Crippen MR) is 163 cm³/mol. The van der Waals surface area contributed by atoms with E-state index in [1.807, 2.05) is 55.5 Å². The SMILES string of the molecule is CC[C@H](SC1=Nc2ccccc2C2=N[C@@H](CC(=O)NCc3ccccc3OC)C(=O)N12)C(=O)Nc1ccc2c(c1)OCO2. The molecule has 0 spiro atoms. The van der Waals surface area contributed by atoms with Crippen molar-refractivity contribution in [3.8, 4) is 17.2 Å². The molecule has 0 unspecified atom stereocenters. The number of nitrogens with zero attached hydrogens (tertiary/aromatic N) is 3. The molecule has 3 amide bonds. The summed E-state index contributed by atoms with van der Waals surface area (Å²) in [5.41, 5.74) is 2.72. The number of anilines is 1. The Morgan fingerprint density at radius 3 is 2.72 bits per heavy atom. The fraction of sp³-hybridized carbons (Fsp3) is 0.258. The lowest BCUT2D eigenvalue weighted by atomic mass is 10.1. The van der Waals surface area contributed by atoms with Gasteiger partial charge < -0.3 is 24.8 Å². The number of ether oxygens (including phenoxy) is 3. The molecule has 2 N–H and O–H groups in total. The van der Waals surface area contributed by atoms with Gasteiger partial charge in [0.2, 0.25) is 18.6 Å². The van der Waals surface area contributed by atoms with Gasteiger partial charge in [0.05, 0.1) is 24.5 Å². The Labute approximate surface area is 252 Å². The van der Waals surface area contributed by atoms with Crippen LogP contribution in [0, 0.1) is 0 Å². The Bertz CT molecular complexity index is 1660. The molecule has 43 heavy (non-hydrogen) atoms. The van der Waals surface area contributed by atoms with Crippen LogP contribution in [0.2, 0.25) is 0 Å². The summed E-state index contributed by atoms with van der Waals surface area (Å²) in [6.07, 6.45) is 0.348. The van der Waals surface area contributed by atoms with Gasteiger partial charge in [0, 0.05) is 29.4 Å². The second-order valence-electron chi connectivity index (χ2n) is 9.92. The summed E-state index contributed by atoms with van der Waals surface area (Å²) in [4.78, 5) is 50.8. The van der Waals surface area contributed by atoms with Crippen LogP contribution in [0.15, 0.2) is 76.7 Å². The van der Waals surface area contributed by atoms with Gasteiger partial charge >= 0.3 is 0 Å². The highest BCUT2D eigenvalue weighted by molar-refractivity contribution is 8.15. The molecule has 0 saturated carbocycles. The number of carbonyl (C=O) groups excluding carboxylic acids is 3. The number of carbonyl (C=O) groups is 3. The van der Waals surface area contributed by atoms with E-state index in [0.29, 0.717) is 51.6 Å². The van der Waals surface area contributed by atoms with Gasteiger partial charge in [-0.25, -0.2) is 9.89 Å². The highest BCUT2D eigenvalue weighted by Gasteiger charge is 2.43.